The maximum atomic E-state index is 10.9. The van der Waals surface area contributed by atoms with Crippen LogP contribution >= 0.6 is 0 Å². The van der Waals surface area contributed by atoms with Gasteiger partial charge in [0.1, 0.15) is 35.1 Å². The average molecular weight is 712 g/mol. The van der Waals surface area contributed by atoms with Gasteiger partial charge in [0, 0.05) is 40.0 Å². The monoisotopic (exact) mass is 712 g/mol. The van der Waals surface area contributed by atoms with Gasteiger partial charge in [-0.3, -0.25) is 0 Å². The lowest BCUT2D eigenvalue weighted by Gasteiger charge is -2.45. The van der Waals surface area contributed by atoms with Crippen molar-refractivity contribution < 1.29 is 9.47 Å². The first kappa shape index (κ1) is 31.4. The minimum absolute atomic E-state index is 0.243. The molecule has 0 fully saturated rings. The second-order valence-electron chi connectivity index (χ2n) is 14.0. The lowest BCUT2D eigenvalue weighted by molar-refractivity contribution is 0.462. The minimum atomic E-state index is -0.422. The first-order valence-electron chi connectivity index (χ1n) is 18.0. The van der Waals surface area contributed by atoms with Gasteiger partial charge in [-0.05, 0) is 75.8 Å². The Morgan fingerprint density at radius 2 is 1.07 bits per heavy atom. The first-order chi connectivity index (χ1) is 27.6. The van der Waals surface area contributed by atoms with E-state index in [1.165, 1.54) is 6.07 Å². The largest absolute Gasteiger partial charge is 0.457 e. The third-order valence-electron chi connectivity index (χ3n) is 11.3. The number of benzene rings is 7. The molecule has 254 valence electrons. The Morgan fingerprint density at radius 1 is 0.500 bits per heavy atom. The summed E-state index contributed by atoms with van der Waals surface area (Å²) in [4.78, 5) is 8.34. The Kier molecular flexibility index (Phi) is 6.53. The Hall–Kier alpha value is -8.17. The average Bonchev–Trinajstić information content (AvgIpc) is 3.26. The molecule has 0 spiro atoms. The topological polar surface area (TPSA) is 101 Å². The van der Waals surface area contributed by atoms with E-state index in [2.05, 4.69) is 51.1 Å². The van der Waals surface area contributed by atoms with Crippen LogP contribution in [0.4, 0.5) is 39.8 Å². The van der Waals surface area contributed by atoms with Gasteiger partial charge >= 0.3 is 0 Å². The number of ether oxygens (including phenoxy) is 2. The number of nitrogens with zero attached hydrogens (tertiary/aromatic N) is 6. The number of hydrogen-bond donors (Lipinski definition) is 0. The molecule has 8 nitrogen and oxygen atoms in total. The highest BCUT2D eigenvalue weighted by Crippen LogP contribution is 2.50. The van der Waals surface area contributed by atoms with Gasteiger partial charge in [0.15, 0.2) is 0 Å². The van der Waals surface area contributed by atoms with E-state index in [9.17, 15) is 15.8 Å². The third kappa shape index (κ3) is 4.10. The van der Waals surface area contributed by atoms with Crippen molar-refractivity contribution in [3.63, 3.8) is 0 Å². The van der Waals surface area contributed by atoms with Crippen molar-refractivity contribution in [2.24, 2.45) is 0 Å². The molecule has 0 unspecified atom stereocenters. The molecule has 0 atom stereocenters. The van der Waals surface area contributed by atoms with Crippen molar-refractivity contribution in [3.05, 3.63) is 162 Å². The fraction of sp³-hybridized carbons (Fsp3) is 0. The number of nitriles is 3. The number of anilines is 6. The van der Waals surface area contributed by atoms with E-state index in [1.54, 1.807) is 6.07 Å². The summed E-state index contributed by atoms with van der Waals surface area (Å²) in [5.41, 5.74) is 11.4. The lowest BCUT2D eigenvalue weighted by atomic mass is 9.30. The summed E-state index contributed by atoms with van der Waals surface area (Å²) < 4.78 is 13.2. The van der Waals surface area contributed by atoms with Gasteiger partial charge in [0.25, 0.3) is 6.71 Å². The molecule has 0 radical (unpaired) electrons. The Balaban J connectivity index is 1.28. The molecule has 7 aromatic carbocycles. The molecular formula is C46H22B2N6O2. The highest BCUT2D eigenvalue weighted by Gasteiger charge is 2.48. The molecule has 56 heavy (non-hydrogen) atoms. The van der Waals surface area contributed by atoms with Crippen molar-refractivity contribution in [3.8, 4) is 41.2 Å². The summed E-state index contributed by atoms with van der Waals surface area (Å²) in [6, 6.07) is 50.4. The molecular weight excluding hydrogens is 690 g/mol. The van der Waals surface area contributed by atoms with Crippen molar-refractivity contribution >= 4 is 86.0 Å². The van der Waals surface area contributed by atoms with E-state index < -0.39 is 6.71 Å². The van der Waals surface area contributed by atoms with Crippen molar-refractivity contribution in [1.29, 1.82) is 15.8 Å². The molecule has 0 bridgehead atoms. The summed E-state index contributed by atoms with van der Waals surface area (Å²) in [6.45, 7) is 7.66. The fourth-order valence-corrected chi connectivity index (χ4v) is 9.10. The fourth-order valence-electron chi connectivity index (χ4n) is 9.10. The molecule has 0 saturated carbocycles. The molecule has 0 amide bonds. The minimum Gasteiger partial charge on any atom is -0.457 e. The maximum absolute atomic E-state index is 10.9. The first-order valence-corrected chi connectivity index (χ1v) is 18.0. The molecule has 11 rings (SSSR count). The highest BCUT2D eigenvalue weighted by atomic mass is 16.5. The predicted molar refractivity (Wildman–Crippen MR) is 219 cm³/mol. The Morgan fingerprint density at radius 3 is 1.73 bits per heavy atom. The van der Waals surface area contributed by atoms with Gasteiger partial charge in [-0.1, -0.05) is 78.9 Å². The van der Waals surface area contributed by atoms with Crippen molar-refractivity contribution in [1.82, 2.24) is 0 Å². The number of hydrogen-bond acceptors (Lipinski definition) is 7. The van der Waals surface area contributed by atoms with E-state index in [1.807, 2.05) is 103 Å². The van der Waals surface area contributed by atoms with E-state index in [0.29, 0.717) is 45.4 Å². The van der Waals surface area contributed by atoms with Crippen LogP contribution < -0.4 is 52.1 Å². The van der Waals surface area contributed by atoms with Crippen molar-refractivity contribution in [2.75, 3.05) is 9.80 Å². The van der Waals surface area contributed by atoms with Crippen LogP contribution in [0.2, 0.25) is 0 Å². The van der Waals surface area contributed by atoms with Crippen molar-refractivity contribution in [2.45, 2.75) is 0 Å². The van der Waals surface area contributed by atoms with E-state index in [0.717, 1.165) is 55.8 Å². The molecule has 10 heteroatoms. The van der Waals surface area contributed by atoms with Gasteiger partial charge in [-0.2, -0.15) is 15.8 Å². The zero-order chi connectivity index (χ0) is 37.7. The molecule has 0 N–H and O–H groups in total. The second-order valence-corrected chi connectivity index (χ2v) is 14.0. The predicted octanol–water partition coefficient (Wildman–Crippen LogP) is 6.66. The van der Waals surface area contributed by atoms with Crippen LogP contribution in [0.3, 0.4) is 0 Å². The molecule has 0 saturated heterocycles. The van der Waals surface area contributed by atoms with Crippen LogP contribution in [-0.4, -0.2) is 13.4 Å². The zero-order valence-electron chi connectivity index (χ0n) is 29.4. The molecule has 7 aromatic rings. The summed E-state index contributed by atoms with van der Waals surface area (Å²) in [7, 11) is 0. The van der Waals surface area contributed by atoms with Crippen LogP contribution in [0.15, 0.2) is 133 Å². The van der Waals surface area contributed by atoms with E-state index in [4.69, 9.17) is 16.0 Å². The molecule has 0 aliphatic carbocycles. The second kappa shape index (κ2) is 11.7. The summed E-state index contributed by atoms with van der Waals surface area (Å²) in [5.74, 6) is 1.93. The highest BCUT2D eigenvalue weighted by molar-refractivity contribution is 7.02. The van der Waals surface area contributed by atoms with Crippen LogP contribution in [0.1, 0.15) is 16.7 Å². The smallest absolute Gasteiger partial charge is 0.260 e. The molecule has 4 heterocycles. The van der Waals surface area contributed by atoms with Crippen LogP contribution in [-0.2, 0) is 0 Å². The van der Waals surface area contributed by atoms with Gasteiger partial charge in [-0.15, -0.1) is 0 Å². The normalized spacial score (nSPS) is 13.1. The summed E-state index contributed by atoms with van der Waals surface area (Å²) in [6.07, 6.45) is 0. The van der Waals surface area contributed by atoms with Gasteiger partial charge in [-0.25, -0.2) is 4.85 Å². The molecule has 4 aliphatic rings. The SMILES string of the molecule is [C-]#[N+]c1cc(C#N)c2c3c1N(c1ccccc1)c1ccccc1B3c1cc3c(cc1N2c1ccccc1)Oc1c(C#N)cc(C#N)c2c1B3c1ccccc1O2. The van der Waals surface area contributed by atoms with Crippen LogP contribution in [0.25, 0.3) is 4.85 Å². The summed E-state index contributed by atoms with van der Waals surface area (Å²) in [5, 5.41) is 31.5. The molecule has 0 aromatic heterocycles. The Bertz CT molecular complexity index is 3070. The Labute approximate surface area is 322 Å². The maximum Gasteiger partial charge on any atom is 0.260 e. The quantitative estimate of drug-likeness (QED) is 0.146. The van der Waals surface area contributed by atoms with Crippen LogP contribution in [0, 0.1) is 40.6 Å². The molecule has 4 aliphatic heterocycles. The number of rotatable bonds is 2. The van der Waals surface area contributed by atoms with Gasteiger partial charge in [0.05, 0.1) is 35.0 Å². The summed E-state index contributed by atoms with van der Waals surface area (Å²) >= 11 is 0. The standard InChI is InChI=1S/C46H22B2N6O2/c1-52-36-21-27(24-49)43-41-44(36)53(30-12-4-2-5-13-30)37-18-10-8-16-32(37)47(41)34-22-35-40(23-38(34)54(43)31-14-6-3-7-15-31)56-46-29(26-51)20-28(25-50)45-42(46)48(35)33-17-9-11-19-39(33)55-45/h2-23H. The van der Waals surface area contributed by atoms with Gasteiger partial charge in [0.2, 0.25) is 12.4 Å². The number of para-hydroxylation sites is 4. The third-order valence-corrected chi connectivity index (χ3v) is 11.3. The lowest BCUT2D eigenvalue weighted by Crippen LogP contribution is -2.64. The van der Waals surface area contributed by atoms with E-state index >= 15 is 0 Å². The zero-order valence-corrected chi connectivity index (χ0v) is 29.4. The van der Waals surface area contributed by atoms with E-state index in [-0.39, 0.29) is 17.8 Å². The number of fused-ring (bicyclic) bond motifs is 8. The van der Waals surface area contributed by atoms with Gasteiger partial charge < -0.3 is 19.3 Å². The van der Waals surface area contributed by atoms with Crippen LogP contribution in [0.5, 0.6) is 23.0 Å².